The minimum Gasteiger partial charge on any atom is -0.296 e. The van der Waals surface area contributed by atoms with Gasteiger partial charge in [0, 0.05) is 23.8 Å². The Balaban J connectivity index is 2.01. The fourth-order valence-electron chi connectivity index (χ4n) is 1.81. The molecular weight excluding hydrogens is 208 g/mol. The van der Waals surface area contributed by atoms with Gasteiger partial charge in [-0.2, -0.15) is 0 Å². The molecule has 0 aromatic heterocycles. The number of unbranched alkanes of at least 4 members (excludes halogenated alkanes) is 3. The number of amides is 2. The van der Waals surface area contributed by atoms with Crippen molar-refractivity contribution in [1.82, 2.24) is 5.32 Å². The number of carbonyl (C=O) groups excluding carboxylic acids is 2. The Kier molecular flexibility index (Phi) is 5.36. The van der Waals surface area contributed by atoms with Crippen LogP contribution in [0, 0.1) is 5.92 Å². The second-order valence-electron chi connectivity index (χ2n) is 3.97. The van der Waals surface area contributed by atoms with Crippen LogP contribution >= 0.6 is 0 Å². The van der Waals surface area contributed by atoms with Crippen LogP contribution in [0.4, 0.5) is 0 Å². The van der Waals surface area contributed by atoms with E-state index in [0.717, 1.165) is 32.1 Å². The lowest BCUT2D eigenvalue weighted by Crippen LogP contribution is -2.21. The summed E-state index contributed by atoms with van der Waals surface area (Å²) in [6.45, 7) is 0.541. The van der Waals surface area contributed by atoms with Gasteiger partial charge in [-0.3, -0.25) is 14.9 Å². The third-order valence-corrected chi connectivity index (χ3v) is 2.69. The van der Waals surface area contributed by atoms with Crippen LogP contribution in [0.3, 0.4) is 0 Å². The molecule has 0 aromatic carbocycles. The van der Waals surface area contributed by atoms with Gasteiger partial charge in [0.1, 0.15) is 0 Å². The molecule has 6 heteroatoms. The Morgan fingerprint density at radius 2 is 2.06 bits per heavy atom. The van der Waals surface area contributed by atoms with Crippen molar-refractivity contribution < 1.29 is 9.59 Å². The van der Waals surface area contributed by atoms with Crippen LogP contribution in [-0.2, 0) is 9.59 Å². The largest absolute Gasteiger partial charge is 0.296 e. The zero-order chi connectivity index (χ0) is 11.8. The number of azide groups is 1. The maximum Gasteiger partial charge on any atom is 0.230 e. The molecule has 6 nitrogen and oxygen atoms in total. The van der Waals surface area contributed by atoms with E-state index in [-0.39, 0.29) is 17.7 Å². The molecule has 0 spiro atoms. The van der Waals surface area contributed by atoms with E-state index in [9.17, 15) is 9.59 Å². The summed E-state index contributed by atoms with van der Waals surface area (Å²) in [6, 6.07) is 0. The monoisotopic (exact) mass is 224 g/mol. The molecule has 0 aromatic rings. The highest BCUT2D eigenvalue weighted by Crippen LogP contribution is 2.18. The number of rotatable bonds is 7. The number of nitrogens with one attached hydrogen (secondary N) is 1. The van der Waals surface area contributed by atoms with Gasteiger partial charge in [-0.1, -0.05) is 24.4 Å². The molecule has 0 radical (unpaired) electrons. The molecule has 88 valence electrons. The number of hydrogen-bond donors (Lipinski definition) is 1. The Morgan fingerprint density at radius 3 is 2.69 bits per heavy atom. The molecule has 1 saturated heterocycles. The van der Waals surface area contributed by atoms with Gasteiger partial charge in [-0.15, -0.1) is 0 Å². The zero-order valence-corrected chi connectivity index (χ0v) is 9.19. The topological polar surface area (TPSA) is 94.9 Å². The average Bonchev–Trinajstić information content (AvgIpc) is 2.56. The molecule has 0 saturated carbocycles. The smallest absolute Gasteiger partial charge is 0.230 e. The molecule has 1 fully saturated rings. The Morgan fingerprint density at radius 1 is 1.31 bits per heavy atom. The van der Waals surface area contributed by atoms with Crippen LogP contribution in [0.15, 0.2) is 5.11 Å². The van der Waals surface area contributed by atoms with Crippen molar-refractivity contribution in [2.45, 2.75) is 38.5 Å². The van der Waals surface area contributed by atoms with Crippen molar-refractivity contribution in [2.24, 2.45) is 11.0 Å². The molecule has 1 N–H and O–H groups in total. The molecule has 1 atom stereocenters. The minimum absolute atomic E-state index is 0.121. The summed E-state index contributed by atoms with van der Waals surface area (Å²) < 4.78 is 0. The molecule has 1 aliphatic heterocycles. The second-order valence-corrected chi connectivity index (χ2v) is 3.97. The lowest BCUT2D eigenvalue weighted by Gasteiger charge is -2.04. The number of imide groups is 1. The van der Waals surface area contributed by atoms with Gasteiger partial charge in [0.15, 0.2) is 0 Å². The first kappa shape index (κ1) is 12.5. The van der Waals surface area contributed by atoms with Crippen LogP contribution in [0.2, 0.25) is 0 Å². The van der Waals surface area contributed by atoms with E-state index in [1.54, 1.807) is 0 Å². The highest BCUT2D eigenvalue weighted by atomic mass is 16.2. The fourth-order valence-corrected chi connectivity index (χ4v) is 1.81. The van der Waals surface area contributed by atoms with Crippen molar-refractivity contribution >= 4 is 11.8 Å². The van der Waals surface area contributed by atoms with Gasteiger partial charge < -0.3 is 0 Å². The van der Waals surface area contributed by atoms with Crippen LogP contribution in [0.1, 0.15) is 38.5 Å². The molecule has 1 rings (SSSR count). The lowest BCUT2D eigenvalue weighted by molar-refractivity contribution is -0.125. The van der Waals surface area contributed by atoms with Gasteiger partial charge in [-0.05, 0) is 18.4 Å². The summed E-state index contributed by atoms with van der Waals surface area (Å²) in [4.78, 5) is 24.8. The Hall–Kier alpha value is -1.55. The maximum absolute atomic E-state index is 11.2. The molecular formula is C10H16N4O2. The van der Waals surface area contributed by atoms with Crippen molar-refractivity contribution in [1.29, 1.82) is 0 Å². The standard InChI is InChI=1S/C10H16N4O2/c11-14-12-6-4-2-1-3-5-8-7-9(15)13-10(8)16/h8H,1-7H2,(H,13,15,16). The van der Waals surface area contributed by atoms with Gasteiger partial charge in [0.2, 0.25) is 11.8 Å². The quantitative estimate of drug-likeness (QED) is 0.235. The van der Waals surface area contributed by atoms with E-state index < -0.39 is 0 Å². The van der Waals surface area contributed by atoms with Crippen molar-refractivity contribution in [3.63, 3.8) is 0 Å². The van der Waals surface area contributed by atoms with E-state index >= 15 is 0 Å². The SMILES string of the molecule is [N-]=[N+]=NCCCCCCC1CC(=O)NC1=O. The molecule has 2 amide bonds. The average molecular weight is 224 g/mol. The Bertz CT molecular complexity index is 310. The molecule has 1 heterocycles. The molecule has 0 aliphatic carbocycles. The van der Waals surface area contributed by atoms with Crippen molar-refractivity contribution in [3.05, 3.63) is 10.4 Å². The van der Waals surface area contributed by atoms with E-state index in [1.807, 2.05) is 0 Å². The lowest BCUT2D eigenvalue weighted by atomic mass is 9.99. The molecule has 1 unspecified atom stereocenters. The summed E-state index contributed by atoms with van der Waals surface area (Å²) in [5, 5.41) is 5.74. The molecule has 1 aliphatic rings. The summed E-state index contributed by atoms with van der Waals surface area (Å²) in [6.07, 6.45) is 4.97. The van der Waals surface area contributed by atoms with Gasteiger partial charge in [0.05, 0.1) is 0 Å². The highest BCUT2D eigenvalue weighted by Gasteiger charge is 2.29. The minimum atomic E-state index is -0.154. The predicted octanol–water partition coefficient (Wildman–Crippen LogP) is 1.91. The predicted molar refractivity (Wildman–Crippen MR) is 58.4 cm³/mol. The molecule has 16 heavy (non-hydrogen) atoms. The summed E-state index contributed by atoms with van der Waals surface area (Å²) in [5.74, 6) is -0.401. The van der Waals surface area contributed by atoms with Crippen LogP contribution < -0.4 is 5.32 Å². The first-order valence-electron chi connectivity index (χ1n) is 5.58. The second kappa shape index (κ2) is 6.85. The summed E-state index contributed by atoms with van der Waals surface area (Å²) in [7, 11) is 0. The van der Waals surface area contributed by atoms with Gasteiger partial charge >= 0.3 is 0 Å². The zero-order valence-electron chi connectivity index (χ0n) is 9.19. The number of carbonyl (C=O) groups is 2. The maximum atomic E-state index is 11.2. The van der Waals surface area contributed by atoms with Crippen LogP contribution in [0.25, 0.3) is 10.4 Å². The van der Waals surface area contributed by atoms with Crippen LogP contribution in [-0.4, -0.2) is 18.4 Å². The van der Waals surface area contributed by atoms with Gasteiger partial charge in [-0.25, -0.2) is 0 Å². The number of hydrogen-bond acceptors (Lipinski definition) is 3. The van der Waals surface area contributed by atoms with E-state index in [2.05, 4.69) is 15.3 Å². The first-order valence-corrected chi connectivity index (χ1v) is 5.58. The number of nitrogens with zero attached hydrogens (tertiary/aromatic N) is 3. The Labute approximate surface area is 94.0 Å². The third kappa shape index (κ3) is 4.31. The van der Waals surface area contributed by atoms with Crippen molar-refractivity contribution in [2.75, 3.05) is 6.54 Å². The summed E-state index contributed by atoms with van der Waals surface area (Å²) >= 11 is 0. The van der Waals surface area contributed by atoms with E-state index in [0.29, 0.717) is 13.0 Å². The first-order chi connectivity index (χ1) is 7.74. The molecule has 0 bridgehead atoms. The highest BCUT2D eigenvalue weighted by molar-refractivity contribution is 6.03. The fraction of sp³-hybridized carbons (Fsp3) is 0.800. The van der Waals surface area contributed by atoms with Crippen LogP contribution in [0.5, 0.6) is 0 Å². The van der Waals surface area contributed by atoms with E-state index in [1.165, 1.54) is 0 Å². The normalized spacial score (nSPS) is 19.4. The van der Waals surface area contributed by atoms with Crippen molar-refractivity contribution in [3.8, 4) is 0 Å². The summed E-state index contributed by atoms with van der Waals surface area (Å²) in [5.41, 5.74) is 8.05. The van der Waals surface area contributed by atoms with E-state index in [4.69, 9.17) is 5.53 Å². The van der Waals surface area contributed by atoms with Gasteiger partial charge in [0.25, 0.3) is 0 Å². The third-order valence-electron chi connectivity index (χ3n) is 2.69.